The summed E-state index contributed by atoms with van der Waals surface area (Å²) in [5.74, 6) is 0.825. The number of nitrogens with one attached hydrogen (secondary N) is 1. The predicted octanol–water partition coefficient (Wildman–Crippen LogP) is 2.68. The lowest BCUT2D eigenvalue weighted by Gasteiger charge is -2.33. The molecule has 1 atom stereocenters. The van der Waals surface area contributed by atoms with Gasteiger partial charge in [-0.25, -0.2) is 0 Å². The van der Waals surface area contributed by atoms with Crippen LogP contribution in [-0.4, -0.2) is 16.9 Å². The molecule has 0 bridgehead atoms. The second-order valence-corrected chi connectivity index (χ2v) is 5.12. The first kappa shape index (κ1) is 14.8. The molecule has 0 radical (unpaired) electrons. The number of hydrogen-bond acceptors (Lipinski definition) is 4. The average Bonchev–Trinajstić information content (AvgIpc) is 2.81. The molecule has 2 aromatic rings. The molecule has 0 aliphatic carbocycles. The fourth-order valence-corrected chi connectivity index (χ4v) is 2.46. The summed E-state index contributed by atoms with van der Waals surface area (Å²) in [5, 5.41) is 17.3. The zero-order valence-electron chi connectivity index (χ0n) is 12.3. The summed E-state index contributed by atoms with van der Waals surface area (Å²) in [5.41, 5.74) is 2.62. The van der Waals surface area contributed by atoms with E-state index in [1.165, 1.54) is 0 Å². The molecule has 1 heterocycles. The van der Waals surface area contributed by atoms with Crippen molar-refractivity contribution in [2.45, 2.75) is 39.3 Å². The largest absolute Gasteiger partial charge is 0.394 e. The van der Waals surface area contributed by atoms with Crippen molar-refractivity contribution in [2.24, 2.45) is 0 Å². The van der Waals surface area contributed by atoms with Gasteiger partial charge in [-0.3, -0.25) is 0 Å². The zero-order valence-corrected chi connectivity index (χ0v) is 12.3. The second-order valence-electron chi connectivity index (χ2n) is 5.12. The molecule has 0 spiro atoms. The number of aryl methyl sites for hydroxylation is 2. The third-order valence-corrected chi connectivity index (χ3v) is 3.98. The molecule has 0 unspecified atom stereocenters. The smallest absolute Gasteiger partial charge is 0.138 e. The third kappa shape index (κ3) is 2.76. The lowest BCUT2D eigenvalue weighted by molar-refractivity contribution is 0.153. The SMILES string of the molecule is CC[C@](CO)(NCc1c(C)noc1C)c1ccccc1. The van der Waals surface area contributed by atoms with E-state index in [4.69, 9.17) is 4.52 Å². The van der Waals surface area contributed by atoms with Crippen LogP contribution >= 0.6 is 0 Å². The van der Waals surface area contributed by atoms with E-state index in [0.29, 0.717) is 6.54 Å². The highest BCUT2D eigenvalue weighted by molar-refractivity contribution is 5.26. The van der Waals surface area contributed by atoms with Gasteiger partial charge in [0.1, 0.15) is 5.76 Å². The van der Waals surface area contributed by atoms with Gasteiger partial charge in [0, 0.05) is 12.1 Å². The molecule has 0 saturated heterocycles. The summed E-state index contributed by atoms with van der Waals surface area (Å²) in [7, 11) is 0. The van der Waals surface area contributed by atoms with E-state index in [9.17, 15) is 5.11 Å². The lowest BCUT2D eigenvalue weighted by Crippen LogP contribution is -2.44. The van der Waals surface area contributed by atoms with Crippen LogP contribution in [0.2, 0.25) is 0 Å². The van der Waals surface area contributed by atoms with Crippen molar-refractivity contribution in [1.29, 1.82) is 0 Å². The van der Waals surface area contributed by atoms with Crippen molar-refractivity contribution in [3.63, 3.8) is 0 Å². The fourth-order valence-electron chi connectivity index (χ4n) is 2.46. The number of aliphatic hydroxyl groups is 1. The molecule has 0 aliphatic rings. The molecule has 4 nitrogen and oxygen atoms in total. The first-order valence-corrected chi connectivity index (χ1v) is 6.96. The van der Waals surface area contributed by atoms with Crippen molar-refractivity contribution in [1.82, 2.24) is 10.5 Å². The first-order chi connectivity index (χ1) is 9.63. The Kier molecular flexibility index (Phi) is 4.57. The van der Waals surface area contributed by atoms with Crippen molar-refractivity contribution in [3.05, 3.63) is 52.9 Å². The maximum absolute atomic E-state index is 9.90. The van der Waals surface area contributed by atoms with Crippen LogP contribution in [0.3, 0.4) is 0 Å². The van der Waals surface area contributed by atoms with Crippen LogP contribution in [0.1, 0.15) is 35.9 Å². The molecule has 4 heteroatoms. The molecule has 0 amide bonds. The van der Waals surface area contributed by atoms with Gasteiger partial charge >= 0.3 is 0 Å². The van der Waals surface area contributed by atoms with Crippen LogP contribution in [0.5, 0.6) is 0 Å². The fraction of sp³-hybridized carbons (Fsp3) is 0.438. The van der Waals surface area contributed by atoms with Gasteiger partial charge in [-0.2, -0.15) is 0 Å². The minimum absolute atomic E-state index is 0.0525. The molecule has 20 heavy (non-hydrogen) atoms. The van der Waals surface area contributed by atoms with Crippen molar-refractivity contribution >= 4 is 0 Å². The Morgan fingerprint density at radius 1 is 1.25 bits per heavy atom. The minimum atomic E-state index is -0.433. The summed E-state index contributed by atoms with van der Waals surface area (Å²) in [6, 6.07) is 10.1. The Morgan fingerprint density at radius 3 is 2.45 bits per heavy atom. The molecule has 108 valence electrons. The molecular formula is C16H22N2O2. The van der Waals surface area contributed by atoms with Gasteiger partial charge in [0.05, 0.1) is 17.8 Å². The number of aromatic nitrogens is 1. The Morgan fingerprint density at radius 2 is 1.95 bits per heavy atom. The third-order valence-electron chi connectivity index (χ3n) is 3.98. The summed E-state index contributed by atoms with van der Waals surface area (Å²) in [6.45, 7) is 6.60. The Hall–Kier alpha value is -1.65. The van der Waals surface area contributed by atoms with Crippen LogP contribution in [0.15, 0.2) is 34.9 Å². The molecule has 2 rings (SSSR count). The molecule has 0 saturated carbocycles. The Bertz CT molecular complexity index is 525. The summed E-state index contributed by atoms with van der Waals surface area (Å²) < 4.78 is 5.18. The number of rotatable bonds is 6. The van der Waals surface area contributed by atoms with E-state index in [1.54, 1.807) is 0 Å². The van der Waals surface area contributed by atoms with E-state index in [-0.39, 0.29) is 6.61 Å². The van der Waals surface area contributed by atoms with Gasteiger partial charge in [-0.1, -0.05) is 42.4 Å². The molecule has 2 N–H and O–H groups in total. The Labute approximate surface area is 119 Å². The normalized spacial score (nSPS) is 14.2. The number of nitrogens with zero attached hydrogens (tertiary/aromatic N) is 1. The standard InChI is InChI=1S/C16H22N2O2/c1-4-16(11-19,14-8-6-5-7-9-14)17-10-15-12(2)18-20-13(15)3/h5-9,17,19H,4,10-11H2,1-3H3/t16-/m1/s1. The lowest BCUT2D eigenvalue weighted by atomic mass is 9.87. The van der Waals surface area contributed by atoms with Gasteiger partial charge in [0.2, 0.25) is 0 Å². The van der Waals surface area contributed by atoms with E-state index >= 15 is 0 Å². The van der Waals surface area contributed by atoms with Gasteiger partial charge in [0.15, 0.2) is 0 Å². The van der Waals surface area contributed by atoms with Crippen LogP contribution < -0.4 is 5.32 Å². The van der Waals surface area contributed by atoms with Crippen LogP contribution in [0.4, 0.5) is 0 Å². The number of hydrogen-bond donors (Lipinski definition) is 2. The molecular weight excluding hydrogens is 252 g/mol. The minimum Gasteiger partial charge on any atom is -0.394 e. The van der Waals surface area contributed by atoms with E-state index in [1.807, 2.05) is 44.2 Å². The van der Waals surface area contributed by atoms with Gasteiger partial charge < -0.3 is 14.9 Å². The molecule has 0 aliphatic heterocycles. The second kappa shape index (κ2) is 6.20. The van der Waals surface area contributed by atoms with E-state index in [2.05, 4.69) is 17.4 Å². The Balaban J connectivity index is 2.22. The number of benzene rings is 1. The molecule has 1 aromatic heterocycles. The topological polar surface area (TPSA) is 58.3 Å². The van der Waals surface area contributed by atoms with E-state index < -0.39 is 5.54 Å². The summed E-state index contributed by atoms with van der Waals surface area (Å²) in [4.78, 5) is 0. The first-order valence-electron chi connectivity index (χ1n) is 6.96. The average molecular weight is 274 g/mol. The highest BCUT2D eigenvalue weighted by Gasteiger charge is 2.29. The quantitative estimate of drug-likeness (QED) is 0.850. The maximum atomic E-state index is 9.90. The van der Waals surface area contributed by atoms with Crippen molar-refractivity contribution < 1.29 is 9.63 Å². The van der Waals surface area contributed by atoms with Gasteiger partial charge in [0.25, 0.3) is 0 Å². The predicted molar refractivity (Wildman–Crippen MR) is 78.3 cm³/mol. The molecule has 0 fully saturated rings. The van der Waals surface area contributed by atoms with Crippen LogP contribution in [0.25, 0.3) is 0 Å². The summed E-state index contributed by atoms with van der Waals surface area (Å²) in [6.07, 6.45) is 0.802. The van der Waals surface area contributed by atoms with Gasteiger partial charge in [-0.15, -0.1) is 0 Å². The highest BCUT2D eigenvalue weighted by atomic mass is 16.5. The number of aliphatic hydroxyl groups excluding tert-OH is 1. The maximum Gasteiger partial charge on any atom is 0.138 e. The van der Waals surface area contributed by atoms with Crippen molar-refractivity contribution in [3.8, 4) is 0 Å². The zero-order chi connectivity index (χ0) is 14.6. The van der Waals surface area contributed by atoms with Crippen LogP contribution in [-0.2, 0) is 12.1 Å². The van der Waals surface area contributed by atoms with Gasteiger partial charge in [-0.05, 0) is 25.8 Å². The molecule has 1 aromatic carbocycles. The van der Waals surface area contributed by atoms with E-state index in [0.717, 1.165) is 29.0 Å². The van der Waals surface area contributed by atoms with Crippen molar-refractivity contribution in [2.75, 3.05) is 6.61 Å². The summed E-state index contributed by atoms with van der Waals surface area (Å²) >= 11 is 0. The monoisotopic (exact) mass is 274 g/mol. The highest BCUT2D eigenvalue weighted by Crippen LogP contribution is 2.25. The van der Waals surface area contributed by atoms with Crippen LogP contribution in [0, 0.1) is 13.8 Å².